The predicted octanol–water partition coefficient (Wildman–Crippen LogP) is 2.03. The molecule has 2 rings (SSSR count). The number of ether oxygens (including phenoxy) is 1. The minimum Gasteiger partial charge on any atom is -0.493 e. The van der Waals surface area contributed by atoms with Gasteiger partial charge in [0, 0.05) is 17.4 Å². The highest BCUT2D eigenvalue weighted by molar-refractivity contribution is 6.11. The Hall–Kier alpha value is -1.38. The fraction of sp³-hybridized carbons (Fsp3) is 0.538. The smallest absolute Gasteiger partial charge is 0.204 e. The van der Waals surface area contributed by atoms with Crippen LogP contribution in [0.1, 0.15) is 26.7 Å². The van der Waals surface area contributed by atoms with E-state index in [4.69, 9.17) is 4.74 Å². The van der Waals surface area contributed by atoms with Gasteiger partial charge in [0.1, 0.15) is 0 Å². The van der Waals surface area contributed by atoms with Gasteiger partial charge in [-0.1, -0.05) is 18.6 Å². The molecule has 0 aliphatic heterocycles. The van der Waals surface area contributed by atoms with Crippen LogP contribution in [-0.4, -0.2) is 18.7 Å². The first-order chi connectivity index (χ1) is 7.49. The van der Waals surface area contributed by atoms with E-state index in [0.717, 1.165) is 0 Å². The van der Waals surface area contributed by atoms with Crippen LogP contribution in [0, 0.1) is 11.3 Å². The van der Waals surface area contributed by atoms with Gasteiger partial charge in [0.05, 0.1) is 7.11 Å². The third-order valence-electron chi connectivity index (χ3n) is 3.70. The molecule has 0 unspecified atom stereocenters. The van der Waals surface area contributed by atoms with Crippen LogP contribution in [0.15, 0.2) is 23.5 Å². The van der Waals surface area contributed by atoms with Crippen molar-refractivity contribution in [3.05, 3.63) is 23.5 Å². The van der Waals surface area contributed by atoms with E-state index >= 15 is 0 Å². The Bertz CT molecular complexity index is 417. The van der Waals surface area contributed by atoms with Gasteiger partial charge in [0.2, 0.25) is 5.78 Å². The van der Waals surface area contributed by atoms with E-state index in [-0.39, 0.29) is 23.2 Å². The van der Waals surface area contributed by atoms with Crippen molar-refractivity contribution in [1.82, 2.24) is 0 Å². The highest BCUT2D eigenvalue weighted by Gasteiger charge is 2.50. The summed E-state index contributed by atoms with van der Waals surface area (Å²) in [5.41, 5.74) is 0.577. The summed E-state index contributed by atoms with van der Waals surface area (Å²) < 4.78 is 4.99. The maximum Gasteiger partial charge on any atom is 0.204 e. The van der Waals surface area contributed by atoms with Crippen molar-refractivity contribution in [2.24, 2.45) is 11.3 Å². The minimum atomic E-state index is -0.601. The number of ketones is 2. The molecule has 0 saturated heterocycles. The van der Waals surface area contributed by atoms with E-state index in [1.807, 2.05) is 13.8 Å². The summed E-state index contributed by atoms with van der Waals surface area (Å²) in [5.74, 6) is -0.0178. The largest absolute Gasteiger partial charge is 0.493 e. The Morgan fingerprint density at radius 1 is 1.44 bits per heavy atom. The van der Waals surface area contributed by atoms with Gasteiger partial charge in [-0.3, -0.25) is 9.59 Å². The fourth-order valence-corrected chi connectivity index (χ4v) is 2.75. The standard InChI is InChI=1S/C13H16O3/c1-8-4-5-9-10(14)6-11(16-3)12(15)13(9,2)7-8/h4,6,9H,5,7H2,1-3H3/t9-,13+/m0/s1. The second-order valence-electron chi connectivity index (χ2n) is 4.88. The summed E-state index contributed by atoms with van der Waals surface area (Å²) in [6.45, 7) is 3.88. The summed E-state index contributed by atoms with van der Waals surface area (Å²) in [6.07, 6.45) is 4.73. The zero-order valence-corrected chi connectivity index (χ0v) is 9.87. The first-order valence-electron chi connectivity index (χ1n) is 5.49. The SMILES string of the molecule is COC1=CC(=O)[C@@H]2CC=C(C)C[C@@]2(C)C1=O. The van der Waals surface area contributed by atoms with E-state index in [1.54, 1.807) is 0 Å². The number of carbonyl (C=O) groups is 2. The van der Waals surface area contributed by atoms with Gasteiger partial charge in [0.25, 0.3) is 0 Å². The molecule has 16 heavy (non-hydrogen) atoms. The van der Waals surface area contributed by atoms with Gasteiger partial charge >= 0.3 is 0 Å². The molecule has 0 N–H and O–H groups in total. The Labute approximate surface area is 95.2 Å². The van der Waals surface area contributed by atoms with Crippen molar-refractivity contribution < 1.29 is 14.3 Å². The number of hydrogen-bond donors (Lipinski definition) is 0. The molecule has 0 heterocycles. The van der Waals surface area contributed by atoms with Crippen molar-refractivity contribution in [2.75, 3.05) is 7.11 Å². The first-order valence-corrected chi connectivity index (χ1v) is 5.49. The normalized spacial score (nSPS) is 34.1. The highest BCUT2D eigenvalue weighted by atomic mass is 16.5. The Balaban J connectivity index is 2.47. The Morgan fingerprint density at radius 3 is 2.75 bits per heavy atom. The highest BCUT2D eigenvalue weighted by Crippen LogP contribution is 2.46. The molecular weight excluding hydrogens is 204 g/mol. The van der Waals surface area contributed by atoms with Crippen LogP contribution in [0.3, 0.4) is 0 Å². The number of allylic oxidation sites excluding steroid dienone is 4. The van der Waals surface area contributed by atoms with Crippen LogP contribution in [0.25, 0.3) is 0 Å². The topological polar surface area (TPSA) is 43.4 Å². The number of hydrogen-bond acceptors (Lipinski definition) is 3. The van der Waals surface area contributed by atoms with E-state index < -0.39 is 5.41 Å². The fourth-order valence-electron chi connectivity index (χ4n) is 2.75. The van der Waals surface area contributed by atoms with Crippen LogP contribution in [0.5, 0.6) is 0 Å². The molecule has 0 fully saturated rings. The van der Waals surface area contributed by atoms with Crippen molar-refractivity contribution >= 4 is 11.6 Å². The lowest BCUT2D eigenvalue weighted by atomic mass is 9.61. The lowest BCUT2D eigenvalue weighted by Gasteiger charge is -2.40. The molecule has 0 aromatic heterocycles. The second-order valence-corrected chi connectivity index (χ2v) is 4.88. The van der Waals surface area contributed by atoms with E-state index in [1.165, 1.54) is 18.8 Å². The molecule has 0 aromatic carbocycles. The zero-order valence-electron chi connectivity index (χ0n) is 9.87. The predicted molar refractivity (Wildman–Crippen MR) is 59.7 cm³/mol. The number of methoxy groups -OCH3 is 1. The molecule has 0 radical (unpaired) electrons. The molecule has 0 amide bonds. The van der Waals surface area contributed by atoms with Crippen molar-refractivity contribution in [3.63, 3.8) is 0 Å². The van der Waals surface area contributed by atoms with Crippen LogP contribution < -0.4 is 0 Å². The van der Waals surface area contributed by atoms with Crippen molar-refractivity contribution in [3.8, 4) is 0 Å². The number of rotatable bonds is 1. The molecule has 3 nitrogen and oxygen atoms in total. The van der Waals surface area contributed by atoms with E-state index in [9.17, 15) is 9.59 Å². The molecule has 86 valence electrons. The quantitative estimate of drug-likeness (QED) is 0.635. The lowest BCUT2D eigenvalue weighted by molar-refractivity contribution is -0.139. The van der Waals surface area contributed by atoms with E-state index in [2.05, 4.69) is 6.08 Å². The third kappa shape index (κ3) is 1.42. The number of carbonyl (C=O) groups excluding carboxylic acids is 2. The van der Waals surface area contributed by atoms with Gasteiger partial charge < -0.3 is 4.74 Å². The molecule has 0 bridgehead atoms. The molecule has 0 saturated carbocycles. The van der Waals surface area contributed by atoms with E-state index in [0.29, 0.717) is 12.8 Å². The summed E-state index contributed by atoms with van der Waals surface area (Å²) in [6, 6.07) is 0. The number of Topliss-reactive ketones (excluding diaryl/α,β-unsaturated/α-hetero) is 1. The summed E-state index contributed by atoms with van der Waals surface area (Å²) in [4.78, 5) is 24.1. The van der Waals surface area contributed by atoms with Crippen LogP contribution in [-0.2, 0) is 14.3 Å². The van der Waals surface area contributed by atoms with Gasteiger partial charge in [-0.25, -0.2) is 0 Å². The molecule has 2 aliphatic rings. The average molecular weight is 220 g/mol. The Kier molecular flexibility index (Phi) is 2.49. The zero-order chi connectivity index (χ0) is 11.9. The maximum atomic E-state index is 12.2. The van der Waals surface area contributed by atoms with Crippen LogP contribution >= 0.6 is 0 Å². The van der Waals surface area contributed by atoms with Gasteiger partial charge in [-0.15, -0.1) is 0 Å². The van der Waals surface area contributed by atoms with Gasteiger partial charge in [-0.05, 0) is 19.8 Å². The average Bonchev–Trinajstić information content (AvgIpc) is 2.23. The molecule has 0 aromatic rings. The third-order valence-corrected chi connectivity index (χ3v) is 3.70. The maximum absolute atomic E-state index is 12.2. The van der Waals surface area contributed by atoms with Crippen molar-refractivity contribution in [1.29, 1.82) is 0 Å². The molecular formula is C13H16O3. The minimum absolute atomic E-state index is 0.0164. The van der Waals surface area contributed by atoms with Crippen molar-refractivity contribution in [2.45, 2.75) is 26.7 Å². The molecule has 0 spiro atoms. The molecule has 2 aliphatic carbocycles. The first kappa shape index (κ1) is 11.1. The molecule has 3 heteroatoms. The lowest BCUT2D eigenvalue weighted by Crippen LogP contribution is -2.45. The van der Waals surface area contributed by atoms with Gasteiger partial charge in [-0.2, -0.15) is 0 Å². The number of fused-ring (bicyclic) bond motifs is 1. The Morgan fingerprint density at radius 2 is 2.12 bits per heavy atom. The second kappa shape index (κ2) is 3.58. The summed E-state index contributed by atoms with van der Waals surface area (Å²) in [5, 5.41) is 0. The monoisotopic (exact) mass is 220 g/mol. The molecule has 2 atom stereocenters. The van der Waals surface area contributed by atoms with Crippen LogP contribution in [0.4, 0.5) is 0 Å². The summed E-state index contributed by atoms with van der Waals surface area (Å²) >= 11 is 0. The van der Waals surface area contributed by atoms with Crippen LogP contribution in [0.2, 0.25) is 0 Å². The summed E-state index contributed by atoms with van der Waals surface area (Å²) in [7, 11) is 1.44. The van der Waals surface area contributed by atoms with Gasteiger partial charge in [0.15, 0.2) is 11.5 Å².